The summed E-state index contributed by atoms with van der Waals surface area (Å²) in [4.78, 5) is 16.4. The van der Waals surface area contributed by atoms with Gasteiger partial charge in [0.2, 0.25) is 0 Å². The first-order valence-electron chi connectivity index (χ1n) is 6.81. The summed E-state index contributed by atoms with van der Waals surface area (Å²) in [5, 5.41) is 5.59. The fourth-order valence-electron chi connectivity index (χ4n) is 2.71. The zero-order valence-electron chi connectivity index (χ0n) is 11.4. The minimum Gasteiger partial charge on any atom is -0.317 e. The van der Waals surface area contributed by atoms with Gasteiger partial charge < -0.3 is 10.6 Å². The smallest absolute Gasteiger partial charge is 0.317 e. The van der Waals surface area contributed by atoms with Gasteiger partial charge in [-0.25, -0.2) is 4.39 Å². The number of carbonyl (C=O) groups excluding carboxylic acids is 1. The lowest BCUT2D eigenvalue weighted by atomic mass is 9.89. The summed E-state index contributed by atoms with van der Waals surface area (Å²) in [6.45, 7) is 1.22. The van der Waals surface area contributed by atoms with Crippen LogP contribution in [0.25, 0.3) is 0 Å². The zero-order valence-corrected chi connectivity index (χ0v) is 11.4. The van der Waals surface area contributed by atoms with Crippen molar-refractivity contribution in [2.75, 3.05) is 13.1 Å². The maximum atomic E-state index is 14.0. The molecule has 1 saturated heterocycles. The maximum Gasteiger partial charge on any atom is 0.416 e. The van der Waals surface area contributed by atoms with Gasteiger partial charge >= 0.3 is 6.18 Å². The van der Waals surface area contributed by atoms with Crippen LogP contribution in [0.15, 0.2) is 23.2 Å². The fraction of sp³-hybridized carbons (Fsp3) is 0.429. The first-order chi connectivity index (χ1) is 10.3. The fourth-order valence-corrected chi connectivity index (χ4v) is 2.71. The van der Waals surface area contributed by atoms with Crippen molar-refractivity contribution in [2.24, 2.45) is 4.99 Å². The largest absolute Gasteiger partial charge is 0.416 e. The Morgan fingerprint density at radius 2 is 1.86 bits per heavy atom. The second kappa shape index (κ2) is 5.05. The topological polar surface area (TPSA) is 53.5 Å². The van der Waals surface area contributed by atoms with Crippen LogP contribution in [0.3, 0.4) is 0 Å². The Balaban J connectivity index is 1.95. The standard InChI is InChI=1S/C14H13F4N3O/c15-10-7-8(14(16,17)18)1-2-9(10)11-20-12(22)13(21-11)3-5-19-6-4-13/h1-2,7,19H,3-6H2,(H,20,21,22). The molecule has 2 heterocycles. The predicted octanol–water partition coefficient (Wildman–Crippen LogP) is 1.84. The number of rotatable bonds is 1. The monoisotopic (exact) mass is 315 g/mol. The molecule has 2 aliphatic heterocycles. The summed E-state index contributed by atoms with van der Waals surface area (Å²) < 4.78 is 51.6. The molecular weight excluding hydrogens is 302 g/mol. The van der Waals surface area contributed by atoms with Gasteiger partial charge in [0.25, 0.3) is 5.91 Å². The van der Waals surface area contributed by atoms with Crippen molar-refractivity contribution < 1.29 is 22.4 Å². The second-order valence-electron chi connectivity index (χ2n) is 5.39. The van der Waals surface area contributed by atoms with Gasteiger partial charge in [-0.3, -0.25) is 9.79 Å². The molecular formula is C14H13F4N3O. The van der Waals surface area contributed by atoms with E-state index in [1.807, 2.05) is 0 Å². The average Bonchev–Trinajstić information content (AvgIpc) is 2.75. The third-order valence-corrected chi connectivity index (χ3v) is 3.96. The zero-order chi connectivity index (χ0) is 16.0. The number of hydrogen-bond acceptors (Lipinski definition) is 3. The highest BCUT2D eigenvalue weighted by Gasteiger charge is 2.45. The molecule has 22 heavy (non-hydrogen) atoms. The number of alkyl halides is 3. The van der Waals surface area contributed by atoms with Crippen LogP contribution < -0.4 is 10.6 Å². The van der Waals surface area contributed by atoms with Crippen molar-refractivity contribution in [1.29, 1.82) is 0 Å². The summed E-state index contributed by atoms with van der Waals surface area (Å²) in [5.41, 5.74) is -2.14. The van der Waals surface area contributed by atoms with Gasteiger partial charge in [0.15, 0.2) is 0 Å². The van der Waals surface area contributed by atoms with Crippen molar-refractivity contribution in [3.63, 3.8) is 0 Å². The minimum atomic E-state index is -4.61. The molecule has 2 aliphatic rings. The number of halogens is 4. The van der Waals surface area contributed by atoms with Gasteiger partial charge in [-0.1, -0.05) is 0 Å². The van der Waals surface area contributed by atoms with Crippen LogP contribution in [0.5, 0.6) is 0 Å². The van der Waals surface area contributed by atoms with E-state index in [4.69, 9.17) is 0 Å². The molecule has 1 fully saturated rings. The quantitative estimate of drug-likeness (QED) is 0.777. The summed E-state index contributed by atoms with van der Waals surface area (Å²) >= 11 is 0. The molecule has 1 aromatic rings. The SMILES string of the molecule is O=C1NC(c2ccc(C(F)(F)F)cc2F)=NC12CCNCC2. The number of carbonyl (C=O) groups is 1. The van der Waals surface area contributed by atoms with Gasteiger partial charge in [0.1, 0.15) is 17.2 Å². The van der Waals surface area contributed by atoms with Gasteiger partial charge in [0, 0.05) is 0 Å². The highest BCUT2D eigenvalue weighted by atomic mass is 19.4. The summed E-state index contributed by atoms with van der Waals surface area (Å²) in [7, 11) is 0. The Hall–Kier alpha value is -1.96. The Bertz CT molecular complexity index is 648. The van der Waals surface area contributed by atoms with Gasteiger partial charge in [-0.05, 0) is 44.1 Å². The molecule has 0 bridgehead atoms. The lowest BCUT2D eigenvalue weighted by Crippen LogP contribution is -2.47. The molecule has 1 spiro atoms. The maximum absolute atomic E-state index is 14.0. The van der Waals surface area contributed by atoms with Crippen LogP contribution in [-0.4, -0.2) is 30.4 Å². The van der Waals surface area contributed by atoms with E-state index in [2.05, 4.69) is 15.6 Å². The van der Waals surface area contributed by atoms with E-state index in [9.17, 15) is 22.4 Å². The third-order valence-electron chi connectivity index (χ3n) is 3.96. The summed E-state index contributed by atoms with van der Waals surface area (Å²) in [6.07, 6.45) is -3.66. The van der Waals surface area contributed by atoms with E-state index < -0.39 is 23.1 Å². The minimum absolute atomic E-state index is 0.00174. The van der Waals surface area contributed by atoms with Crippen molar-refractivity contribution >= 4 is 11.7 Å². The number of amidine groups is 1. The van der Waals surface area contributed by atoms with Gasteiger partial charge in [-0.15, -0.1) is 0 Å². The third kappa shape index (κ3) is 2.47. The van der Waals surface area contributed by atoms with E-state index in [0.717, 1.165) is 12.1 Å². The number of benzene rings is 1. The van der Waals surface area contributed by atoms with E-state index in [1.165, 1.54) is 0 Å². The molecule has 0 saturated carbocycles. The van der Waals surface area contributed by atoms with Crippen LogP contribution >= 0.6 is 0 Å². The first-order valence-corrected chi connectivity index (χ1v) is 6.81. The van der Waals surface area contributed by atoms with Gasteiger partial charge in [0.05, 0.1) is 11.1 Å². The molecule has 8 heteroatoms. The molecule has 0 atom stereocenters. The van der Waals surface area contributed by atoms with Crippen molar-refractivity contribution in [2.45, 2.75) is 24.6 Å². The number of amides is 1. The number of nitrogens with one attached hydrogen (secondary N) is 2. The van der Waals surface area contributed by atoms with Crippen LogP contribution in [0.4, 0.5) is 17.6 Å². The van der Waals surface area contributed by atoms with Crippen LogP contribution in [-0.2, 0) is 11.0 Å². The molecule has 1 aromatic carbocycles. The molecule has 0 aliphatic carbocycles. The molecule has 1 amide bonds. The van der Waals surface area contributed by atoms with E-state index in [-0.39, 0.29) is 17.3 Å². The van der Waals surface area contributed by atoms with E-state index in [0.29, 0.717) is 32.0 Å². The number of hydrogen-bond donors (Lipinski definition) is 2. The number of aliphatic imine (C=N–C) groups is 1. The summed E-state index contributed by atoms with van der Waals surface area (Å²) in [5.74, 6) is -1.39. The normalized spacial score (nSPS) is 20.9. The lowest BCUT2D eigenvalue weighted by Gasteiger charge is -2.28. The van der Waals surface area contributed by atoms with Crippen LogP contribution in [0.2, 0.25) is 0 Å². The number of piperidine rings is 1. The molecule has 0 unspecified atom stereocenters. The highest BCUT2D eigenvalue weighted by Crippen LogP contribution is 2.32. The highest BCUT2D eigenvalue weighted by molar-refractivity contribution is 6.15. The van der Waals surface area contributed by atoms with Crippen molar-refractivity contribution in [1.82, 2.24) is 10.6 Å². The molecule has 3 rings (SSSR count). The van der Waals surface area contributed by atoms with Crippen LogP contribution in [0, 0.1) is 5.82 Å². The molecule has 0 radical (unpaired) electrons. The average molecular weight is 315 g/mol. The van der Waals surface area contributed by atoms with E-state index >= 15 is 0 Å². The Labute approximate surface area is 123 Å². The Kier molecular flexibility index (Phi) is 3.43. The predicted molar refractivity (Wildman–Crippen MR) is 70.9 cm³/mol. The Morgan fingerprint density at radius 1 is 1.18 bits per heavy atom. The van der Waals surface area contributed by atoms with E-state index in [1.54, 1.807) is 0 Å². The van der Waals surface area contributed by atoms with Crippen molar-refractivity contribution in [3.8, 4) is 0 Å². The first kappa shape index (κ1) is 15.0. The number of nitrogens with zero attached hydrogens (tertiary/aromatic N) is 1. The summed E-state index contributed by atoms with van der Waals surface area (Å²) in [6, 6.07) is 2.19. The lowest BCUT2D eigenvalue weighted by molar-refractivity contribution is -0.137. The van der Waals surface area contributed by atoms with Crippen LogP contribution in [0.1, 0.15) is 24.0 Å². The molecule has 2 N–H and O–H groups in total. The Morgan fingerprint density at radius 3 is 2.45 bits per heavy atom. The second-order valence-corrected chi connectivity index (χ2v) is 5.39. The van der Waals surface area contributed by atoms with Gasteiger partial charge in [-0.2, -0.15) is 13.2 Å². The molecule has 4 nitrogen and oxygen atoms in total. The van der Waals surface area contributed by atoms with Crippen molar-refractivity contribution in [3.05, 3.63) is 35.1 Å². The molecule has 0 aromatic heterocycles. The molecule has 118 valence electrons.